The van der Waals surface area contributed by atoms with Crippen molar-refractivity contribution in [1.82, 2.24) is 9.62 Å². The monoisotopic (exact) mass is 204 g/mol. The third kappa shape index (κ3) is 2.03. The van der Waals surface area contributed by atoms with Crippen molar-refractivity contribution in [3.63, 3.8) is 0 Å². The van der Waals surface area contributed by atoms with E-state index in [1.54, 1.807) is 4.31 Å². The van der Waals surface area contributed by atoms with E-state index in [4.69, 9.17) is 0 Å². The van der Waals surface area contributed by atoms with Crippen LogP contribution >= 0.6 is 0 Å². The van der Waals surface area contributed by atoms with Crippen molar-refractivity contribution in [2.75, 3.05) is 19.3 Å². The quantitative estimate of drug-likeness (QED) is 0.642. The van der Waals surface area contributed by atoms with Gasteiger partial charge >= 0.3 is 0 Å². The maximum atomic E-state index is 11.3. The van der Waals surface area contributed by atoms with Gasteiger partial charge in [0.05, 0.1) is 6.26 Å². The molecule has 2 fully saturated rings. The first-order chi connectivity index (χ1) is 6.05. The molecular formula is C8H16N2O2S. The predicted molar refractivity (Wildman–Crippen MR) is 51.0 cm³/mol. The fourth-order valence-corrected chi connectivity index (χ4v) is 3.10. The molecule has 2 unspecified atom stereocenters. The summed E-state index contributed by atoms with van der Waals surface area (Å²) in [6, 6.07) is 0.943. The number of nitrogens with one attached hydrogen (secondary N) is 1. The van der Waals surface area contributed by atoms with E-state index < -0.39 is 10.0 Å². The molecule has 5 heteroatoms. The van der Waals surface area contributed by atoms with Crippen molar-refractivity contribution in [3.8, 4) is 0 Å². The van der Waals surface area contributed by atoms with Gasteiger partial charge in [0.2, 0.25) is 10.0 Å². The molecule has 1 N–H and O–H groups in total. The minimum absolute atomic E-state index is 0.391. The topological polar surface area (TPSA) is 49.4 Å². The van der Waals surface area contributed by atoms with Crippen LogP contribution in [-0.2, 0) is 10.0 Å². The second-order valence-electron chi connectivity index (χ2n) is 4.05. The third-order valence-corrected chi connectivity index (χ3v) is 4.22. The van der Waals surface area contributed by atoms with Crippen LogP contribution in [-0.4, -0.2) is 44.2 Å². The van der Waals surface area contributed by atoms with Crippen LogP contribution in [0.15, 0.2) is 0 Å². The number of fused-ring (bicyclic) bond motifs is 2. The lowest BCUT2D eigenvalue weighted by Gasteiger charge is -2.21. The molecule has 0 aliphatic carbocycles. The molecule has 2 aliphatic rings. The molecule has 4 nitrogen and oxygen atoms in total. The Bertz CT molecular complexity index is 289. The van der Waals surface area contributed by atoms with Gasteiger partial charge in [-0.3, -0.25) is 0 Å². The molecule has 2 atom stereocenters. The Morgan fingerprint density at radius 3 is 2.62 bits per heavy atom. The Morgan fingerprint density at radius 1 is 1.23 bits per heavy atom. The molecule has 0 saturated carbocycles. The highest BCUT2D eigenvalue weighted by atomic mass is 32.2. The van der Waals surface area contributed by atoms with Gasteiger partial charge in [0.15, 0.2) is 0 Å². The second-order valence-corrected chi connectivity index (χ2v) is 6.03. The van der Waals surface area contributed by atoms with Crippen LogP contribution in [0.1, 0.15) is 19.3 Å². The summed E-state index contributed by atoms with van der Waals surface area (Å²) in [4.78, 5) is 0. The van der Waals surface area contributed by atoms with Crippen LogP contribution in [0.5, 0.6) is 0 Å². The van der Waals surface area contributed by atoms with E-state index in [2.05, 4.69) is 5.32 Å². The van der Waals surface area contributed by atoms with Crippen molar-refractivity contribution >= 4 is 10.0 Å². The molecule has 2 bridgehead atoms. The van der Waals surface area contributed by atoms with Crippen LogP contribution in [0.25, 0.3) is 0 Å². The van der Waals surface area contributed by atoms with Crippen LogP contribution in [0, 0.1) is 0 Å². The number of rotatable bonds is 1. The Hall–Kier alpha value is -0.130. The SMILES string of the molecule is CS(=O)(=O)N1CCC2CCC(C1)N2. The number of hydrogen-bond acceptors (Lipinski definition) is 3. The summed E-state index contributed by atoms with van der Waals surface area (Å²) in [5.41, 5.74) is 0. The second kappa shape index (κ2) is 3.22. The minimum atomic E-state index is -2.98. The molecule has 0 spiro atoms. The summed E-state index contributed by atoms with van der Waals surface area (Å²) in [6.45, 7) is 1.35. The Labute approximate surface area is 79.4 Å². The lowest BCUT2D eigenvalue weighted by Crippen LogP contribution is -2.38. The van der Waals surface area contributed by atoms with Crippen molar-refractivity contribution in [3.05, 3.63) is 0 Å². The maximum absolute atomic E-state index is 11.3. The predicted octanol–water partition coefficient (Wildman–Crippen LogP) is -0.228. The molecule has 2 saturated heterocycles. The lowest BCUT2D eigenvalue weighted by atomic mass is 10.1. The van der Waals surface area contributed by atoms with Gasteiger partial charge in [-0.05, 0) is 19.3 Å². The lowest BCUT2D eigenvalue weighted by molar-refractivity contribution is 0.386. The Balaban J connectivity index is 2.09. The van der Waals surface area contributed by atoms with Gasteiger partial charge in [-0.25, -0.2) is 12.7 Å². The zero-order valence-corrected chi connectivity index (χ0v) is 8.68. The summed E-state index contributed by atoms with van der Waals surface area (Å²) in [5, 5.41) is 3.45. The van der Waals surface area contributed by atoms with E-state index in [-0.39, 0.29) is 0 Å². The number of sulfonamides is 1. The molecular weight excluding hydrogens is 188 g/mol. The van der Waals surface area contributed by atoms with Gasteiger partial charge in [0.25, 0.3) is 0 Å². The van der Waals surface area contributed by atoms with Crippen LogP contribution in [0.2, 0.25) is 0 Å². The fraction of sp³-hybridized carbons (Fsp3) is 1.00. The smallest absolute Gasteiger partial charge is 0.211 e. The van der Waals surface area contributed by atoms with Crippen LogP contribution < -0.4 is 5.32 Å². The standard InChI is InChI=1S/C8H16N2O2S/c1-13(11,12)10-5-4-7-2-3-8(6-10)9-7/h7-9H,2-6H2,1H3. The highest BCUT2D eigenvalue weighted by molar-refractivity contribution is 7.88. The Kier molecular flexibility index (Phi) is 2.33. The van der Waals surface area contributed by atoms with Gasteiger partial charge in [-0.15, -0.1) is 0 Å². The van der Waals surface area contributed by atoms with E-state index in [9.17, 15) is 8.42 Å². The summed E-state index contributed by atoms with van der Waals surface area (Å²) in [5.74, 6) is 0. The average molecular weight is 204 g/mol. The summed E-state index contributed by atoms with van der Waals surface area (Å²) in [6.07, 6.45) is 4.59. The normalized spacial score (nSPS) is 36.1. The first kappa shape index (κ1) is 9.43. The number of hydrogen-bond donors (Lipinski definition) is 1. The first-order valence-electron chi connectivity index (χ1n) is 4.77. The summed E-state index contributed by atoms with van der Waals surface area (Å²) < 4.78 is 24.2. The third-order valence-electron chi connectivity index (χ3n) is 2.95. The Morgan fingerprint density at radius 2 is 1.92 bits per heavy atom. The van der Waals surface area contributed by atoms with Crippen molar-refractivity contribution in [1.29, 1.82) is 0 Å². The molecule has 0 radical (unpaired) electrons. The van der Waals surface area contributed by atoms with E-state index in [0.717, 1.165) is 12.8 Å². The van der Waals surface area contributed by atoms with Gasteiger partial charge in [-0.1, -0.05) is 0 Å². The van der Waals surface area contributed by atoms with Crippen molar-refractivity contribution in [2.24, 2.45) is 0 Å². The van der Waals surface area contributed by atoms with Gasteiger partial charge in [0, 0.05) is 25.2 Å². The molecule has 0 amide bonds. The van der Waals surface area contributed by atoms with Crippen molar-refractivity contribution < 1.29 is 8.42 Å². The molecule has 0 aromatic rings. The maximum Gasteiger partial charge on any atom is 0.211 e. The highest BCUT2D eigenvalue weighted by Crippen LogP contribution is 2.21. The van der Waals surface area contributed by atoms with E-state index in [0.29, 0.717) is 25.2 Å². The molecule has 0 aromatic heterocycles. The first-order valence-corrected chi connectivity index (χ1v) is 6.62. The van der Waals surface area contributed by atoms with Crippen LogP contribution in [0.4, 0.5) is 0 Å². The summed E-state index contributed by atoms with van der Waals surface area (Å²) in [7, 11) is -2.98. The fourth-order valence-electron chi connectivity index (χ4n) is 2.21. The molecule has 13 heavy (non-hydrogen) atoms. The molecule has 0 aromatic carbocycles. The van der Waals surface area contributed by atoms with Crippen LogP contribution in [0.3, 0.4) is 0 Å². The minimum Gasteiger partial charge on any atom is -0.310 e. The van der Waals surface area contributed by atoms with Gasteiger partial charge in [-0.2, -0.15) is 0 Å². The molecule has 76 valence electrons. The van der Waals surface area contributed by atoms with E-state index in [1.807, 2.05) is 0 Å². The molecule has 2 heterocycles. The largest absolute Gasteiger partial charge is 0.310 e. The van der Waals surface area contributed by atoms with Gasteiger partial charge in [0.1, 0.15) is 0 Å². The van der Waals surface area contributed by atoms with Crippen molar-refractivity contribution in [2.45, 2.75) is 31.3 Å². The zero-order chi connectivity index (χ0) is 9.47. The van der Waals surface area contributed by atoms with E-state index >= 15 is 0 Å². The van der Waals surface area contributed by atoms with E-state index in [1.165, 1.54) is 12.7 Å². The number of nitrogens with zero attached hydrogens (tertiary/aromatic N) is 1. The van der Waals surface area contributed by atoms with Gasteiger partial charge < -0.3 is 5.32 Å². The zero-order valence-electron chi connectivity index (χ0n) is 7.86. The average Bonchev–Trinajstić information content (AvgIpc) is 2.27. The molecule has 2 rings (SSSR count). The molecule has 2 aliphatic heterocycles. The summed E-state index contributed by atoms with van der Waals surface area (Å²) >= 11 is 0. The highest BCUT2D eigenvalue weighted by Gasteiger charge is 2.32.